The molecule has 0 amide bonds. The van der Waals surface area contributed by atoms with E-state index in [-0.39, 0.29) is 0 Å². The minimum atomic E-state index is 0.495. The highest BCUT2D eigenvalue weighted by atomic mass is 32.2. The largest absolute Gasteiger partial charge is 0.298 e. The van der Waals surface area contributed by atoms with E-state index in [4.69, 9.17) is 4.98 Å². The van der Waals surface area contributed by atoms with Crippen molar-refractivity contribution in [2.75, 3.05) is 13.1 Å². The fourth-order valence-electron chi connectivity index (χ4n) is 3.61. The Morgan fingerprint density at radius 1 is 1.26 bits per heavy atom. The van der Waals surface area contributed by atoms with E-state index in [0.29, 0.717) is 5.92 Å². The number of nitrogens with zero attached hydrogens (tertiary/aromatic N) is 4. The molecule has 0 radical (unpaired) electrons. The van der Waals surface area contributed by atoms with Crippen molar-refractivity contribution in [2.24, 2.45) is 0 Å². The highest BCUT2D eigenvalue weighted by Gasteiger charge is 2.24. The van der Waals surface area contributed by atoms with Crippen molar-refractivity contribution in [1.29, 1.82) is 0 Å². The molecule has 1 aliphatic rings. The van der Waals surface area contributed by atoms with Crippen LogP contribution < -0.4 is 0 Å². The fraction of sp³-hybridized carbons (Fsp3) is 0.381. The lowest BCUT2D eigenvalue weighted by Gasteiger charge is -2.32. The number of aromatic nitrogens is 3. The van der Waals surface area contributed by atoms with Gasteiger partial charge >= 0.3 is 0 Å². The summed E-state index contributed by atoms with van der Waals surface area (Å²) in [6, 6.07) is 8.25. The van der Waals surface area contributed by atoms with Gasteiger partial charge in [0.05, 0.1) is 11.4 Å². The summed E-state index contributed by atoms with van der Waals surface area (Å²) in [6.45, 7) is 5.45. The molecule has 1 aliphatic heterocycles. The van der Waals surface area contributed by atoms with Gasteiger partial charge in [-0.1, -0.05) is 17.8 Å². The summed E-state index contributed by atoms with van der Waals surface area (Å²) in [7, 11) is 0. The van der Waals surface area contributed by atoms with E-state index in [1.807, 2.05) is 30.6 Å². The Morgan fingerprint density at radius 2 is 2.22 bits per heavy atom. The zero-order valence-electron chi connectivity index (χ0n) is 15.5. The third kappa shape index (κ3) is 4.94. The minimum Gasteiger partial charge on any atom is -0.298 e. The number of hydrogen-bond acceptors (Lipinski definition) is 6. The normalized spacial score (nSPS) is 17.9. The topological polar surface area (TPSA) is 41.9 Å². The molecule has 0 N–H and O–H groups in total. The van der Waals surface area contributed by atoms with Crippen LogP contribution in [0.3, 0.4) is 0 Å². The van der Waals surface area contributed by atoms with Crippen LogP contribution in [0.4, 0.5) is 0 Å². The van der Waals surface area contributed by atoms with Gasteiger partial charge in [-0.15, -0.1) is 0 Å². The summed E-state index contributed by atoms with van der Waals surface area (Å²) >= 11 is 3.45. The summed E-state index contributed by atoms with van der Waals surface area (Å²) in [6.07, 6.45) is 6.26. The van der Waals surface area contributed by atoms with Crippen LogP contribution in [-0.4, -0.2) is 32.9 Å². The minimum absolute atomic E-state index is 0.495. The van der Waals surface area contributed by atoms with Gasteiger partial charge in [-0.2, -0.15) is 11.3 Å². The third-order valence-corrected chi connectivity index (χ3v) is 6.57. The van der Waals surface area contributed by atoms with Gasteiger partial charge in [-0.3, -0.25) is 9.88 Å². The Labute approximate surface area is 169 Å². The van der Waals surface area contributed by atoms with Gasteiger partial charge < -0.3 is 0 Å². The summed E-state index contributed by atoms with van der Waals surface area (Å²) in [5, 5.41) is 5.28. The van der Waals surface area contributed by atoms with Gasteiger partial charge in [0, 0.05) is 37.2 Å². The number of hydrogen-bond donors (Lipinski definition) is 0. The first-order valence-electron chi connectivity index (χ1n) is 9.37. The second-order valence-electron chi connectivity index (χ2n) is 7.04. The van der Waals surface area contributed by atoms with Gasteiger partial charge in [0.25, 0.3) is 0 Å². The van der Waals surface area contributed by atoms with Crippen molar-refractivity contribution in [1.82, 2.24) is 19.9 Å². The third-order valence-electron chi connectivity index (χ3n) is 4.94. The molecular formula is C21H24N4S2. The van der Waals surface area contributed by atoms with E-state index >= 15 is 0 Å². The number of piperidine rings is 1. The zero-order chi connectivity index (χ0) is 18.5. The van der Waals surface area contributed by atoms with Gasteiger partial charge in [-0.05, 0) is 66.4 Å². The van der Waals surface area contributed by atoms with Crippen molar-refractivity contribution in [3.63, 3.8) is 0 Å². The van der Waals surface area contributed by atoms with Crippen molar-refractivity contribution >= 4 is 23.1 Å². The SMILES string of the molecule is Cc1cnc(SCc2ccccn2)nc1C1CCCN(Cc2ccsc2)C1. The van der Waals surface area contributed by atoms with Gasteiger partial charge in [0.1, 0.15) is 0 Å². The van der Waals surface area contributed by atoms with Crippen molar-refractivity contribution in [3.05, 3.63) is 69.9 Å². The first-order chi connectivity index (χ1) is 13.3. The number of pyridine rings is 1. The maximum absolute atomic E-state index is 4.94. The molecule has 3 aromatic heterocycles. The lowest BCUT2D eigenvalue weighted by Crippen LogP contribution is -2.34. The van der Waals surface area contributed by atoms with Crippen LogP contribution in [0.15, 0.2) is 52.6 Å². The maximum atomic E-state index is 4.94. The Morgan fingerprint density at radius 3 is 3.04 bits per heavy atom. The maximum Gasteiger partial charge on any atom is 0.188 e. The monoisotopic (exact) mass is 396 g/mol. The number of likely N-dealkylation sites (tertiary alicyclic amines) is 1. The van der Waals surface area contributed by atoms with E-state index in [9.17, 15) is 0 Å². The number of thiophene rings is 1. The molecular weight excluding hydrogens is 372 g/mol. The molecule has 0 spiro atoms. The molecule has 0 aromatic carbocycles. The Bertz CT molecular complexity index is 852. The van der Waals surface area contributed by atoms with E-state index in [2.05, 4.69) is 38.6 Å². The van der Waals surface area contributed by atoms with Crippen LogP contribution in [0, 0.1) is 6.92 Å². The summed E-state index contributed by atoms with van der Waals surface area (Å²) in [5.74, 6) is 1.30. The number of thioether (sulfide) groups is 1. The smallest absolute Gasteiger partial charge is 0.188 e. The fourth-order valence-corrected chi connectivity index (χ4v) is 5.00. The van der Waals surface area contributed by atoms with E-state index in [1.54, 1.807) is 23.1 Å². The second-order valence-corrected chi connectivity index (χ2v) is 8.76. The molecule has 4 heterocycles. The average molecular weight is 397 g/mol. The molecule has 140 valence electrons. The van der Waals surface area contributed by atoms with Crippen LogP contribution >= 0.6 is 23.1 Å². The average Bonchev–Trinajstić information content (AvgIpc) is 3.21. The van der Waals surface area contributed by atoms with Gasteiger partial charge in [0.15, 0.2) is 5.16 Å². The summed E-state index contributed by atoms with van der Waals surface area (Å²) in [4.78, 5) is 16.4. The van der Waals surface area contributed by atoms with E-state index in [1.165, 1.54) is 36.2 Å². The van der Waals surface area contributed by atoms with Gasteiger partial charge in [-0.25, -0.2) is 9.97 Å². The van der Waals surface area contributed by atoms with Crippen LogP contribution in [0.25, 0.3) is 0 Å². The predicted octanol–water partition coefficient (Wildman–Crippen LogP) is 4.91. The first kappa shape index (κ1) is 18.6. The molecule has 3 aromatic rings. The Hall–Kier alpha value is -1.76. The lowest BCUT2D eigenvalue weighted by atomic mass is 9.92. The summed E-state index contributed by atoms with van der Waals surface area (Å²) in [5.41, 5.74) is 4.92. The molecule has 6 heteroatoms. The van der Waals surface area contributed by atoms with Crippen molar-refractivity contribution < 1.29 is 0 Å². The molecule has 0 saturated carbocycles. The van der Waals surface area contributed by atoms with Gasteiger partial charge in [0.2, 0.25) is 0 Å². The molecule has 0 aliphatic carbocycles. The van der Waals surface area contributed by atoms with E-state index < -0.39 is 0 Å². The molecule has 1 unspecified atom stereocenters. The molecule has 1 saturated heterocycles. The first-order valence-corrected chi connectivity index (χ1v) is 11.3. The molecule has 0 bridgehead atoms. The van der Waals surface area contributed by atoms with Crippen LogP contribution in [0.5, 0.6) is 0 Å². The zero-order valence-corrected chi connectivity index (χ0v) is 17.2. The van der Waals surface area contributed by atoms with Crippen molar-refractivity contribution in [3.8, 4) is 0 Å². The summed E-state index contributed by atoms with van der Waals surface area (Å²) < 4.78 is 0. The molecule has 27 heavy (non-hydrogen) atoms. The van der Waals surface area contributed by atoms with Crippen LogP contribution in [0.2, 0.25) is 0 Å². The van der Waals surface area contributed by atoms with Crippen molar-refractivity contribution in [2.45, 2.75) is 43.1 Å². The lowest BCUT2D eigenvalue weighted by molar-refractivity contribution is 0.198. The number of rotatable bonds is 6. The van der Waals surface area contributed by atoms with Crippen LogP contribution in [-0.2, 0) is 12.3 Å². The molecule has 1 fully saturated rings. The molecule has 4 nitrogen and oxygen atoms in total. The Balaban J connectivity index is 1.44. The molecule has 1 atom stereocenters. The van der Waals surface area contributed by atoms with Crippen LogP contribution in [0.1, 0.15) is 41.3 Å². The highest BCUT2D eigenvalue weighted by Crippen LogP contribution is 2.30. The number of aryl methyl sites for hydroxylation is 1. The standard InChI is InChI=1S/C21H24N4S2/c1-16-11-23-21(27-15-19-6-2-3-8-22-19)24-20(16)18-5-4-9-25(13-18)12-17-7-10-26-14-17/h2-3,6-8,10-11,14,18H,4-5,9,12-13,15H2,1H3. The van der Waals surface area contributed by atoms with E-state index in [0.717, 1.165) is 29.7 Å². The quantitative estimate of drug-likeness (QED) is 0.437. The second kappa shape index (κ2) is 8.95. The molecule has 4 rings (SSSR count). The Kier molecular flexibility index (Phi) is 6.17. The predicted molar refractivity (Wildman–Crippen MR) is 112 cm³/mol. The highest BCUT2D eigenvalue weighted by molar-refractivity contribution is 7.98.